The Morgan fingerprint density at radius 3 is 2.45 bits per heavy atom. The minimum Gasteiger partial charge on any atom is -0.359 e. The number of nitrogens with one attached hydrogen (secondary N) is 2. The third-order valence-electron chi connectivity index (χ3n) is 3.97. The van der Waals surface area contributed by atoms with E-state index in [-0.39, 0.29) is 0 Å². The molecule has 1 aliphatic heterocycles. The predicted molar refractivity (Wildman–Crippen MR) is 85.1 cm³/mol. The quantitative estimate of drug-likeness (QED) is 0.651. The molecule has 1 saturated heterocycles. The molecule has 2 rings (SSSR count). The summed E-state index contributed by atoms with van der Waals surface area (Å²) in [6, 6.07) is 9.32. The van der Waals surface area contributed by atoms with Crippen LogP contribution in [0, 0.1) is 6.92 Å². The van der Waals surface area contributed by atoms with Crippen molar-refractivity contribution in [2.24, 2.45) is 4.99 Å². The van der Waals surface area contributed by atoms with Gasteiger partial charge in [0.2, 0.25) is 0 Å². The van der Waals surface area contributed by atoms with Crippen LogP contribution in [0.25, 0.3) is 0 Å². The van der Waals surface area contributed by atoms with Crippen molar-refractivity contribution in [1.82, 2.24) is 15.5 Å². The Hall–Kier alpha value is -1.55. The van der Waals surface area contributed by atoms with Crippen LogP contribution in [-0.2, 0) is 0 Å². The Kier molecular flexibility index (Phi) is 5.41. The molecule has 0 amide bonds. The Morgan fingerprint density at radius 1 is 1.25 bits per heavy atom. The largest absolute Gasteiger partial charge is 0.359 e. The maximum atomic E-state index is 4.19. The van der Waals surface area contributed by atoms with Gasteiger partial charge in [-0.05, 0) is 38.4 Å². The fourth-order valence-corrected chi connectivity index (χ4v) is 2.77. The molecule has 1 aromatic rings. The van der Waals surface area contributed by atoms with E-state index in [1.807, 2.05) is 7.05 Å². The molecule has 1 heterocycles. The molecule has 1 atom stereocenters. The zero-order valence-corrected chi connectivity index (χ0v) is 12.8. The first-order chi connectivity index (χ1) is 9.74. The van der Waals surface area contributed by atoms with Gasteiger partial charge >= 0.3 is 0 Å². The van der Waals surface area contributed by atoms with Gasteiger partial charge in [0, 0.05) is 20.6 Å². The summed E-state index contributed by atoms with van der Waals surface area (Å²) in [4.78, 5) is 6.76. The second-order valence-corrected chi connectivity index (χ2v) is 5.37. The monoisotopic (exact) mass is 274 g/mol. The number of rotatable bonds is 4. The number of nitrogens with zero attached hydrogens (tertiary/aromatic N) is 2. The number of hydrogen-bond donors (Lipinski definition) is 2. The maximum absolute atomic E-state index is 4.19. The lowest BCUT2D eigenvalue weighted by atomic mass is 10.0. The molecule has 1 aliphatic rings. The number of likely N-dealkylation sites (tertiary alicyclic amines) is 1. The number of benzene rings is 1. The van der Waals surface area contributed by atoms with Crippen LogP contribution in [0.4, 0.5) is 0 Å². The number of aliphatic imine (C=N–C) groups is 1. The van der Waals surface area contributed by atoms with Crippen LogP contribution in [0.3, 0.4) is 0 Å². The predicted octanol–water partition coefficient (Wildman–Crippen LogP) is 1.93. The van der Waals surface area contributed by atoms with Gasteiger partial charge in [0.25, 0.3) is 0 Å². The van der Waals surface area contributed by atoms with E-state index < -0.39 is 0 Å². The lowest BCUT2D eigenvalue weighted by molar-refractivity contribution is 0.245. The van der Waals surface area contributed by atoms with Crippen LogP contribution in [-0.4, -0.2) is 44.6 Å². The molecule has 4 nitrogen and oxygen atoms in total. The molecule has 0 aliphatic carbocycles. The van der Waals surface area contributed by atoms with E-state index in [9.17, 15) is 0 Å². The van der Waals surface area contributed by atoms with Crippen molar-refractivity contribution in [1.29, 1.82) is 0 Å². The summed E-state index contributed by atoms with van der Waals surface area (Å²) in [6.07, 6.45) is 2.62. The van der Waals surface area contributed by atoms with Gasteiger partial charge < -0.3 is 10.6 Å². The Morgan fingerprint density at radius 2 is 1.90 bits per heavy atom. The second-order valence-electron chi connectivity index (χ2n) is 5.37. The van der Waals surface area contributed by atoms with Gasteiger partial charge in [0.1, 0.15) is 0 Å². The molecule has 0 unspecified atom stereocenters. The van der Waals surface area contributed by atoms with Gasteiger partial charge in [-0.25, -0.2) is 0 Å². The van der Waals surface area contributed by atoms with Crippen LogP contribution in [0.1, 0.15) is 30.0 Å². The van der Waals surface area contributed by atoms with E-state index in [0.29, 0.717) is 6.04 Å². The molecule has 1 aromatic carbocycles. The van der Waals surface area contributed by atoms with Crippen molar-refractivity contribution >= 4 is 5.96 Å². The summed E-state index contributed by atoms with van der Waals surface area (Å²) in [5.41, 5.74) is 2.70. The third kappa shape index (κ3) is 3.73. The minimum atomic E-state index is 0.420. The summed E-state index contributed by atoms with van der Waals surface area (Å²) < 4.78 is 0. The third-order valence-corrected chi connectivity index (χ3v) is 3.97. The summed E-state index contributed by atoms with van der Waals surface area (Å²) in [7, 11) is 3.70. The average molecular weight is 274 g/mol. The summed E-state index contributed by atoms with van der Waals surface area (Å²) in [5.74, 6) is 0.848. The Balaban J connectivity index is 2.10. The van der Waals surface area contributed by atoms with Gasteiger partial charge in [0.15, 0.2) is 5.96 Å². The Labute approximate surface area is 122 Å². The number of hydrogen-bond acceptors (Lipinski definition) is 2. The molecule has 2 N–H and O–H groups in total. The average Bonchev–Trinajstić information content (AvgIpc) is 2.99. The normalized spacial score (nSPS) is 18.1. The zero-order chi connectivity index (χ0) is 14.4. The molecule has 0 saturated carbocycles. The van der Waals surface area contributed by atoms with Gasteiger partial charge in [0.05, 0.1) is 6.04 Å². The summed E-state index contributed by atoms with van der Waals surface area (Å²) in [6.45, 7) is 5.41. The van der Waals surface area contributed by atoms with Crippen LogP contribution in [0.15, 0.2) is 29.3 Å². The van der Waals surface area contributed by atoms with E-state index in [1.165, 1.54) is 37.1 Å². The smallest absolute Gasteiger partial charge is 0.190 e. The summed E-state index contributed by atoms with van der Waals surface area (Å²) >= 11 is 0. The molecule has 4 heteroatoms. The van der Waals surface area contributed by atoms with E-state index in [2.05, 4.69) is 51.7 Å². The lowest BCUT2D eigenvalue weighted by Gasteiger charge is -2.28. The molecular formula is C16H26N4. The molecule has 0 bridgehead atoms. The first-order valence-corrected chi connectivity index (χ1v) is 7.43. The highest BCUT2D eigenvalue weighted by Crippen LogP contribution is 2.24. The SMILES string of the molecule is CN=C(NC)NC[C@H](c1ccc(C)cc1)N1CCCC1. The van der Waals surface area contributed by atoms with Gasteiger partial charge in [-0.3, -0.25) is 9.89 Å². The lowest BCUT2D eigenvalue weighted by Crippen LogP contribution is -2.41. The van der Waals surface area contributed by atoms with Crippen LogP contribution >= 0.6 is 0 Å². The van der Waals surface area contributed by atoms with Crippen LogP contribution in [0.2, 0.25) is 0 Å². The molecule has 1 fully saturated rings. The van der Waals surface area contributed by atoms with E-state index in [1.54, 1.807) is 7.05 Å². The molecule has 20 heavy (non-hydrogen) atoms. The molecular weight excluding hydrogens is 248 g/mol. The minimum absolute atomic E-state index is 0.420. The molecule has 110 valence electrons. The first-order valence-electron chi connectivity index (χ1n) is 7.43. The van der Waals surface area contributed by atoms with Crippen molar-refractivity contribution < 1.29 is 0 Å². The Bertz CT molecular complexity index is 432. The van der Waals surface area contributed by atoms with Gasteiger partial charge in [-0.1, -0.05) is 29.8 Å². The van der Waals surface area contributed by atoms with Crippen molar-refractivity contribution in [2.45, 2.75) is 25.8 Å². The highest BCUT2D eigenvalue weighted by molar-refractivity contribution is 5.79. The van der Waals surface area contributed by atoms with E-state index >= 15 is 0 Å². The van der Waals surface area contributed by atoms with Gasteiger partial charge in [-0.15, -0.1) is 0 Å². The molecule has 0 aromatic heterocycles. The fourth-order valence-electron chi connectivity index (χ4n) is 2.77. The number of guanidine groups is 1. The van der Waals surface area contributed by atoms with Crippen LogP contribution in [0.5, 0.6) is 0 Å². The van der Waals surface area contributed by atoms with Gasteiger partial charge in [-0.2, -0.15) is 0 Å². The highest BCUT2D eigenvalue weighted by atomic mass is 15.2. The molecule has 0 radical (unpaired) electrons. The van der Waals surface area contributed by atoms with Crippen LogP contribution < -0.4 is 10.6 Å². The maximum Gasteiger partial charge on any atom is 0.190 e. The topological polar surface area (TPSA) is 39.7 Å². The van der Waals surface area contributed by atoms with E-state index in [4.69, 9.17) is 0 Å². The zero-order valence-electron chi connectivity index (χ0n) is 12.8. The standard InChI is InChI=1S/C16H26N4/c1-13-6-8-14(9-7-13)15(20-10-4-5-11-20)12-19-16(17-2)18-3/h6-9,15H,4-5,10-12H2,1-3H3,(H2,17,18,19)/t15-/m1/s1. The van der Waals surface area contributed by atoms with Crippen molar-refractivity contribution in [2.75, 3.05) is 33.7 Å². The highest BCUT2D eigenvalue weighted by Gasteiger charge is 2.23. The summed E-state index contributed by atoms with van der Waals surface area (Å²) in [5, 5.41) is 6.49. The fraction of sp³-hybridized carbons (Fsp3) is 0.562. The molecule has 0 spiro atoms. The van der Waals surface area contributed by atoms with Crippen molar-refractivity contribution in [3.63, 3.8) is 0 Å². The van der Waals surface area contributed by atoms with Crippen molar-refractivity contribution in [3.8, 4) is 0 Å². The first kappa shape index (κ1) is 14.9. The number of aryl methyl sites for hydroxylation is 1. The second kappa shape index (κ2) is 7.29. The van der Waals surface area contributed by atoms with E-state index in [0.717, 1.165) is 12.5 Å². The van der Waals surface area contributed by atoms with Crippen molar-refractivity contribution in [3.05, 3.63) is 35.4 Å².